The Morgan fingerprint density at radius 3 is 2.26 bits per heavy atom. The zero-order chi connectivity index (χ0) is 14.5. The van der Waals surface area contributed by atoms with E-state index in [4.69, 9.17) is 15.2 Å². The lowest BCUT2D eigenvalue weighted by molar-refractivity contribution is 0.159. The smallest absolute Gasteiger partial charge is 0.115 e. The monoisotopic (exact) mass is 269 g/mol. The van der Waals surface area contributed by atoms with Crippen molar-refractivity contribution in [2.24, 2.45) is 11.7 Å². The van der Waals surface area contributed by atoms with E-state index < -0.39 is 0 Å². The molecule has 112 valence electrons. The number of nitrogens with two attached hydrogens (primary N) is 1. The summed E-state index contributed by atoms with van der Waals surface area (Å²) in [5.74, 6) is 2.21. The molecular weight excluding hydrogens is 238 g/mol. The Kier molecular flexibility index (Phi) is 11.5. The minimum absolute atomic E-state index is 0.528. The van der Waals surface area contributed by atoms with Crippen LogP contribution in [0.2, 0.25) is 0 Å². The molecule has 0 aliphatic carbocycles. The van der Waals surface area contributed by atoms with Gasteiger partial charge in [-0.15, -0.1) is 0 Å². The Labute approximate surface area is 118 Å². The summed E-state index contributed by atoms with van der Waals surface area (Å²) >= 11 is 0. The SMILES string of the molecule is C=C(/C=C(\CC)OCCN)OCC(CCC)CCC. The van der Waals surface area contributed by atoms with E-state index in [0.717, 1.165) is 18.8 Å². The number of rotatable bonds is 12. The summed E-state index contributed by atoms with van der Waals surface area (Å²) < 4.78 is 11.2. The first-order chi connectivity index (χ1) is 9.17. The Hall–Kier alpha value is -0.960. The van der Waals surface area contributed by atoms with Gasteiger partial charge in [-0.25, -0.2) is 0 Å². The quantitative estimate of drug-likeness (QED) is 0.430. The Balaban J connectivity index is 4.15. The maximum Gasteiger partial charge on any atom is 0.115 e. The lowest BCUT2D eigenvalue weighted by Crippen LogP contribution is -2.10. The van der Waals surface area contributed by atoms with Crippen molar-refractivity contribution in [3.8, 4) is 0 Å². The second kappa shape index (κ2) is 12.1. The summed E-state index contributed by atoms with van der Waals surface area (Å²) in [5.41, 5.74) is 5.42. The van der Waals surface area contributed by atoms with Crippen LogP contribution in [0.25, 0.3) is 0 Å². The molecule has 2 N–H and O–H groups in total. The van der Waals surface area contributed by atoms with E-state index >= 15 is 0 Å². The molecule has 0 saturated heterocycles. The average molecular weight is 269 g/mol. The van der Waals surface area contributed by atoms with Gasteiger partial charge in [0, 0.05) is 19.0 Å². The van der Waals surface area contributed by atoms with Crippen LogP contribution < -0.4 is 5.73 Å². The minimum atomic E-state index is 0.528. The third kappa shape index (κ3) is 9.60. The maximum absolute atomic E-state index is 5.74. The molecule has 0 aromatic carbocycles. The summed E-state index contributed by atoms with van der Waals surface area (Å²) in [4.78, 5) is 0. The van der Waals surface area contributed by atoms with Gasteiger partial charge in [-0.05, 0) is 18.8 Å². The molecule has 0 aliphatic rings. The van der Waals surface area contributed by atoms with Gasteiger partial charge in [-0.2, -0.15) is 0 Å². The van der Waals surface area contributed by atoms with E-state index in [1.54, 1.807) is 0 Å². The van der Waals surface area contributed by atoms with Crippen LogP contribution in [0.1, 0.15) is 52.9 Å². The molecule has 0 saturated carbocycles. The van der Waals surface area contributed by atoms with Crippen LogP contribution in [0.4, 0.5) is 0 Å². The van der Waals surface area contributed by atoms with E-state index in [1.807, 2.05) is 13.0 Å². The van der Waals surface area contributed by atoms with Crippen molar-refractivity contribution < 1.29 is 9.47 Å². The van der Waals surface area contributed by atoms with Crippen molar-refractivity contribution in [2.45, 2.75) is 52.9 Å². The van der Waals surface area contributed by atoms with Crippen LogP contribution in [-0.4, -0.2) is 19.8 Å². The minimum Gasteiger partial charge on any atom is -0.496 e. The highest BCUT2D eigenvalue weighted by Crippen LogP contribution is 2.16. The van der Waals surface area contributed by atoms with Crippen molar-refractivity contribution in [1.29, 1.82) is 0 Å². The molecule has 0 aliphatic heterocycles. The third-order valence-electron chi connectivity index (χ3n) is 2.97. The molecule has 0 aromatic rings. The fraction of sp³-hybridized carbons (Fsp3) is 0.750. The number of allylic oxidation sites excluding steroid dienone is 2. The topological polar surface area (TPSA) is 44.5 Å². The lowest BCUT2D eigenvalue weighted by atomic mass is 9.99. The molecule has 0 aromatic heterocycles. The standard InChI is InChI=1S/C16H31NO2/c1-5-8-15(9-6-2)13-19-14(4)12-16(7-3)18-11-10-17/h12,15H,4-11,13,17H2,1-3H3/b16-12+. The van der Waals surface area contributed by atoms with Gasteiger partial charge in [0.15, 0.2) is 0 Å². The van der Waals surface area contributed by atoms with Gasteiger partial charge in [0.25, 0.3) is 0 Å². The highest BCUT2D eigenvalue weighted by Gasteiger charge is 2.08. The second-order valence-electron chi connectivity index (χ2n) is 4.82. The summed E-state index contributed by atoms with van der Waals surface area (Å²) in [6, 6.07) is 0. The summed E-state index contributed by atoms with van der Waals surface area (Å²) in [6.07, 6.45) is 7.55. The zero-order valence-corrected chi connectivity index (χ0v) is 12.9. The lowest BCUT2D eigenvalue weighted by Gasteiger charge is -2.17. The predicted molar refractivity (Wildman–Crippen MR) is 81.8 cm³/mol. The van der Waals surface area contributed by atoms with Gasteiger partial charge in [-0.3, -0.25) is 0 Å². The molecule has 19 heavy (non-hydrogen) atoms. The molecule has 0 radical (unpaired) electrons. The van der Waals surface area contributed by atoms with E-state index in [-0.39, 0.29) is 0 Å². The first kappa shape index (κ1) is 18.0. The van der Waals surface area contributed by atoms with Gasteiger partial charge in [0.1, 0.15) is 5.76 Å². The summed E-state index contributed by atoms with van der Waals surface area (Å²) in [6.45, 7) is 12.2. The van der Waals surface area contributed by atoms with Crippen molar-refractivity contribution >= 4 is 0 Å². The van der Waals surface area contributed by atoms with Crippen molar-refractivity contribution in [3.05, 3.63) is 24.2 Å². The predicted octanol–water partition coefficient (Wildman–Crippen LogP) is 4.00. The molecule has 3 nitrogen and oxygen atoms in total. The number of ether oxygens (including phenoxy) is 2. The van der Waals surface area contributed by atoms with Crippen molar-refractivity contribution in [2.75, 3.05) is 19.8 Å². The zero-order valence-electron chi connectivity index (χ0n) is 12.9. The molecule has 0 fully saturated rings. The van der Waals surface area contributed by atoms with E-state index in [2.05, 4.69) is 20.4 Å². The molecule has 0 rings (SSSR count). The first-order valence-corrected chi connectivity index (χ1v) is 7.52. The molecule has 0 bridgehead atoms. The van der Waals surface area contributed by atoms with Crippen molar-refractivity contribution in [1.82, 2.24) is 0 Å². The summed E-state index contributed by atoms with van der Waals surface area (Å²) in [7, 11) is 0. The van der Waals surface area contributed by atoms with Gasteiger partial charge >= 0.3 is 0 Å². The van der Waals surface area contributed by atoms with Gasteiger partial charge in [-0.1, -0.05) is 40.2 Å². The van der Waals surface area contributed by atoms with Crippen LogP contribution in [0.5, 0.6) is 0 Å². The van der Waals surface area contributed by atoms with Crippen LogP contribution in [0, 0.1) is 5.92 Å². The van der Waals surface area contributed by atoms with Crippen LogP contribution in [0.3, 0.4) is 0 Å². The first-order valence-electron chi connectivity index (χ1n) is 7.52. The largest absolute Gasteiger partial charge is 0.496 e. The second-order valence-corrected chi connectivity index (χ2v) is 4.82. The van der Waals surface area contributed by atoms with Crippen LogP contribution >= 0.6 is 0 Å². The number of hydrogen-bond donors (Lipinski definition) is 1. The Morgan fingerprint density at radius 1 is 1.16 bits per heavy atom. The van der Waals surface area contributed by atoms with Crippen molar-refractivity contribution in [3.63, 3.8) is 0 Å². The van der Waals surface area contributed by atoms with Gasteiger partial charge in [0.2, 0.25) is 0 Å². The number of hydrogen-bond acceptors (Lipinski definition) is 3. The molecular formula is C16H31NO2. The average Bonchev–Trinajstić information content (AvgIpc) is 2.41. The molecule has 0 spiro atoms. The maximum atomic E-state index is 5.74. The highest BCUT2D eigenvalue weighted by molar-refractivity contribution is 5.11. The van der Waals surface area contributed by atoms with E-state index in [1.165, 1.54) is 25.7 Å². The van der Waals surface area contributed by atoms with E-state index in [9.17, 15) is 0 Å². The van der Waals surface area contributed by atoms with Gasteiger partial charge < -0.3 is 15.2 Å². The Morgan fingerprint density at radius 2 is 1.79 bits per heavy atom. The Bertz CT molecular complexity index is 255. The molecule has 0 amide bonds. The highest BCUT2D eigenvalue weighted by atomic mass is 16.5. The van der Waals surface area contributed by atoms with E-state index in [0.29, 0.717) is 24.8 Å². The molecule has 0 heterocycles. The normalized spacial score (nSPS) is 11.7. The van der Waals surface area contributed by atoms with Gasteiger partial charge in [0.05, 0.1) is 19.0 Å². The molecule has 3 heteroatoms. The molecule has 0 unspecified atom stereocenters. The third-order valence-corrected chi connectivity index (χ3v) is 2.97. The molecule has 0 atom stereocenters. The fourth-order valence-electron chi connectivity index (χ4n) is 2.01. The summed E-state index contributed by atoms with van der Waals surface area (Å²) in [5, 5.41) is 0. The van der Waals surface area contributed by atoms with Crippen LogP contribution in [-0.2, 0) is 9.47 Å². The van der Waals surface area contributed by atoms with Crippen LogP contribution in [0.15, 0.2) is 24.2 Å². The fourth-order valence-corrected chi connectivity index (χ4v) is 2.01.